The monoisotopic (exact) mass is 423 g/mol. The van der Waals surface area contributed by atoms with Gasteiger partial charge in [0.15, 0.2) is 11.8 Å². The summed E-state index contributed by atoms with van der Waals surface area (Å²) in [5.74, 6) is 2.24. The standard InChI is InChI=1S/C20H28F3N7/c1-15(20(21,22)23)29-9-11-30(12-10-29)19(24-13-17-7-5-4-6-8-17)25-14-18-27-26-16(2)28(18)3/h4-8,15H,9-14H2,1-3H3,(H,24,25). The highest BCUT2D eigenvalue weighted by molar-refractivity contribution is 5.80. The molecule has 0 bridgehead atoms. The molecule has 1 atom stereocenters. The predicted molar refractivity (Wildman–Crippen MR) is 109 cm³/mol. The van der Waals surface area contributed by atoms with E-state index in [-0.39, 0.29) is 0 Å². The molecule has 1 unspecified atom stereocenters. The van der Waals surface area contributed by atoms with Crippen molar-refractivity contribution in [1.82, 2.24) is 29.9 Å². The quantitative estimate of drug-likeness (QED) is 0.591. The van der Waals surface area contributed by atoms with Gasteiger partial charge in [-0.05, 0) is 19.4 Å². The van der Waals surface area contributed by atoms with E-state index in [1.54, 1.807) is 0 Å². The van der Waals surface area contributed by atoms with E-state index in [0.717, 1.165) is 17.2 Å². The number of aromatic nitrogens is 3. The van der Waals surface area contributed by atoms with Crippen LogP contribution >= 0.6 is 0 Å². The van der Waals surface area contributed by atoms with Crippen molar-refractivity contribution in [3.05, 3.63) is 47.5 Å². The third-order valence-corrected chi connectivity index (χ3v) is 5.48. The maximum atomic E-state index is 13.0. The van der Waals surface area contributed by atoms with Gasteiger partial charge in [0.25, 0.3) is 0 Å². The summed E-state index contributed by atoms with van der Waals surface area (Å²) in [5.41, 5.74) is 1.07. The van der Waals surface area contributed by atoms with Gasteiger partial charge in [-0.1, -0.05) is 30.3 Å². The number of guanidine groups is 1. The van der Waals surface area contributed by atoms with Crippen LogP contribution in [0.3, 0.4) is 0 Å². The number of nitrogens with one attached hydrogen (secondary N) is 1. The van der Waals surface area contributed by atoms with Crippen LogP contribution in [-0.4, -0.2) is 68.9 Å². The van der Waals surface area contributed by atoms with Crippen LogP contribution in [0.5, 0.6) is 0 Å². The van der Waals surface area contributed by atoms with E-state index in [4.69, 9.17) is 4.99 Å². The van der Waals surface area contributed by atoms with Crippen LogP contribution in [0.2, 0.25) is 0 Å². The maximum Gasteiger partial charge on any atom is 0.403 e. The first-order valence-electron chi connectivity index (χ1n) is 9.98. The van der Waals surface area contributed by atoms with Crippen molar-refractivity contribution in [1.29, 1.82) is 0 Å². The molecule has 10 heteroatoms. The summed E-state index contributed by atoms with van der Waals surface area (Å²) in [6.45, 7) is 5.62. The number of hydrogen-bond donors (Lipinski definition) is 1. The number of hydrogen-bond acceptors (Lipinski definition) is 4. The summed E-state index contributed by atoms with van der Waals surface area (Å²) < 4.78 is 41.0. The minimum absolute atomic E-state index is 0.329. The molecule has 2 heterocycles. The molecule has 0 saturated carbocycles. The Hall–Kier alpha value is -2.62. The minimum Gasteiger partial charge on any atom is -0.349 e. The number of benzene rings is 1. The molecule has 3 rings (SSSR count). The molecule has 1 aromatic carbocycles. The molecule has 30 heavy (non-hydrogen) atoms. The van der Waals surface area contributed by atoms with Crippen molar-refractivity contribution in [2.24, 2.45) is 12.0 Å². The van der Waals surface area contributed by atoms with Crippen LogP contribution in [0.15, 0.2) is 35.3 Å². The lowest BCUT2D eigenvalue weighted by atomic mass is 10.2. The van der Waals surface area contributed by atoms with Gasteiger partial charge in [0.2, 0.25) is 0 Å². The molecule has 7 nitrogen and oxygen atoms in total. The second-order valence-electron chi connectivity index (χ2n) is 7.44. The van der Waals surface area contributed by atoms with Crippen molar-refractivity contribution in [3.8, 4) is 0 Å². The highest BCUT2D eigenvalue weighted by Crippen LogP contribution is 2.25. The van der Waals surface area contributed by atoms with Crippen LogP contribution in [0.1, 0.15) is 24.1 Å². The molecular weight excluding hydrogens is 395 g/mol. The number of nitrogens with zero attached hydrogens (tertiary/aromatic N) is 6. The topological polar surface area (TPSA) is 61.6 Å². The summed E-state index contributed by atoms with van der Waals surface area (Å²) in [6, 6.07) is 8.41. The maximum absolute atomic E-state index is 13.0. The Labute approximate surface area is 174 Å². The van der Waals surface area contributed by atoms with Crippen LogP contribution in [0.4, 0.5) is 13.2 Å². The number of alkyl halides is 3. The molecule has 1 aromatic heterocycles. The van der Waals surface area contributed by atoms with Crippen molar-refractivity contribution >= 4 is 5.96 Å². The van der Waals surface area contributed by atoms with E-state index in [2.05, 4.69) is 15.5 Å². The number of piperazine rings is 1. The lowest BCUT2D eigenvalue weighted by Gasteiger charge is -2.39. The summed E-state index contributed by atoms with van der Waals surface area (Å²) >= 11 is 0. The normalized spacial score (nSPS) is 17.3. The molecule has 0 aliphatic carbocycles. The molecule has 2 aromatic rings. The molecule has 1 saturated heterocycles. The van der Waals surface area contributed by atoms with Crippen LogP contribution in [-0.2, 0) is 20.1 Å². The van der Waals surface area contributed by atoms with Crippen LogP contribution in [0, 0.1) is 6.92 Å². The number of rotatable bonds is 5. The first-order valence-corrected chi connectivity index (χ1v) is 9.98. The van der Waals surface area contributed by atoms with E-state index < -0.39 is 12.2 Å². The predicted octanol–water partition coefficient (Wildman–Crippen LogP) is 2.34. The van der Waals surface area contributed by atoms with Crippen molar-refractivity contribution < 1.29 is 13.2 Å². The second-order valence-corrected chi connectivity index (χ2v) is 7.44. The molecule has 1 N–H and O–H groups in total. The van der Waals surface area contributed by atoms with Crippen LogP contribution in [0.25, 0.3) is 0 Å². The lowest BCUT2D eigenvalue weighted by Crippen LogP contribution is -2.56. The Morgan fingerprint density at radius 3 is 2.37 bits per heavy atom. The fourth-order valence-corrected chi connectivity index (χ4v) is 3.31. The van der Waals surface area contributed by atoms with Crippen molar-refractivity contribution in [2.45, 2.75) is 39.2 Å². The lowest BCUT2D eigenvalue weighted by molar-refractivity contribution is -0.181. The zero-order valence-electron chi connectivity index (χ0n) is 17.5. The Morgan fingerprint density at radius 2 is 1.80 bits per heavy atom. The molecule has 1 fully saturated rings. The zero-order valence-corrected chi connectivity index (χ0v) is 17.5. The SMILES string of the molecule is Cc1nnc(CNC(=NCc2ccccc2)N2CCN(C(C)C(F)(F)F)CC2)n1C. The average molecular weight is 423 g/mol. The molecule has 0 spiro atoms. The van der Waals surface area contributed by atoms with Gasteiger partial charge in [0, 0.05) is 33.2 Å². The molecule has 0 radical (unpaired) electrons. The van der Waals surface area contributed by atoms with Gasteiger partial charge in [-0.15, -0.1) is 10.2 Å². The van der Waals surface area contributed by atoms with Gasteiger partial charge in [-0.2, -0.15) is 13.2 Å². The molecular formula is C20H28F3N7. The second kappa shape index (κ2) is 9.46. The fraction of sp³-hybridized carbons (Fsp3) is 0.550. The molecule has 164 valence electrons. The van der Waals surface area contributed by atoms with Gasteiger partial charge in [0.1, 0.15) is 11.9 Å². The summed E-state index contributed by atoms with van der Waals surface area (Å²) in [4.78, 5) is 8.20. The van der Waals surface area contributed by atoms with Gasteiger partial charge in [-0.25, -0.2) is 4.99 Å². The summed E-state index contributed by atoms with van der Waals surface area (Å²) in [7, 11) is 1.89. The van der Waals surface area contributed by atoms with Crippen LogP contribution < -0.4 is 5.32 Å². The number of halogens is 3. The van der Waals surface area contributed by atoms with Crippen molar-refractivity contribution in [2.75, 3.05) is 26.2 Å². The summed E-state index contributed by atoms with van der Waals surface area (Å²) in [6.07, 6.45) is -4.21. The Balaban J connectivity index is 1.68. The van der Waals surface area contributed by atoms with Crippen molar-refractivity contribution in [3.63, 3.8) is 0 Å². The van der Waals surface area contributed by atoms with E-state index in [9.17, 15) is 13.2 Å². The average Bonchev–Trinajstić information content (AvgIpc) is 3.06. The highest BCUT2D eigenvalue weighted by atomic mass is 19.4. The molecule has 0 amide bonds. The third-order valence-electron chi connectivity index (χ3n) is 5.48. The fourth-order valence-electron chi connectivity index (χ4n) is 3.31. The Morgan fingerprint density at radius 1 is 1.13 bits per heavy atom. The van der Waals surface area contributed by atoms with Gasteiger partial charge >= 0.3 is 6.18 Å². The van der Waals surface area contributed by atoms with E-state index in [0.29, 0.717) is 45.2 Å². The van der Waals surface area contributed by atoms with Gasteiger partial charge in [-0.3, -0.25) is 4.90 Å². The Kier molecular flexibility index (Phi) is 6.96. The zero-order chi connectivity index (χ0) is 21.7. The first-order chi connectivity index (χ1) is 14.3. The number of aliphatic imine (C=N–C) groups is 1. The largest absolute Gasteiger partial charge is 0.403 e. The third kappa shape index (κ3) is 5.50. The highest BCUT2D eigenvalue weighted by Gasteiger charge is 2.41. The smallest absolute Gasteiger partial charge is 0.349 e. The summed E-state index contributed by atoms with van der Waals surface area (Å²) in [5, 5.41) is 11.5. The minimum atomic E-state index is -4.21. The Bertz CT molecular complexity index is 840. The first kappa shape index (κ1) is 22.1. The van der Waals surface area contributed by atoms with E-state index in [1.165, 1.54) is 11.8 Å². The van der Waals surface area contributed by atoms with Gasteiger partial charge < -0.3 is 14.8 Å². The van der Waals surface area contributed by atoms with E-state index >= 15 is 0 Å². The number of aryl methyl sites for hydroxylation is 1. The van der Waals surface area contributed by atoms with Gasteiger partial charge in [0.05, 0.1) is 13.1 Å². The van der Waals surface area contributed by atoms with E-state index in [1.807, 2.05) is 53.8 Å². The molecule has 1 aliphatic rings. The molecule has 1 aliphatic heterocycles.